The zero-order chi connectivity index (χ0) is 0. The fourth-order valence-corrected chi connectivity index (χ4v) is 0. The predicted octanol–water partition coefficient (Wildman–Crippen LogP) is -6.60. The van der Waals surface area contributed by atoms with Crippen molar-refractivity contribution in [3.05, 3.63) is 0 Å². The summed E-state index contributed by atoms with van der Waals surface area (Å²) >= 11 is 0. The topological polar surface area (TPSA) is 0 Å². The minimum atomic E-state index is 0. The Morgan fingerprint density at radius 1 is 0.800 bits per heavy atom. The van der Waals surface area contributed by atoms with Gasteiger partial charge in [0.2, 0.25) is 0 Å². The van der Waals surface area contributed by atoms with Gasteiger partial charge in [0.05, 0.1) is 0 Å². The van der Waals surface area contributed by atoms with Crippen LogP contribution in [0.1, 0.15) is 0 Å². The fraction of sp³-hybridized carbons (Fsp3) is 0. The van der Waals surface area contributed by atoms with Crippen LogP contribution in [0.15, 0.2) is 0 Å². The molecule has 0 aliphatic carbocycles. The Morgan fingerprint density at radius 3 is 0.800 bits per heavy atom. The van der Waals surface area contributed by atoms with Crippen molar-refractivity contribution in [2.45, 2.75) is 0 Å². The summed E-state index contributed by atoms with van der Waals surface area (Å²) < 4.78 is 0. The molecule has 0 rings (SSSR count). The first-order valence-electron chi connectivity index (χ1n) is 0. The third-order valence-corrected chi connectivity index (χ3v) is 0. The fourth-order valence-electron chi connectivity index (χ4n) is 0. The van der Waals surface area contributed by atoms with Gasteiger partial charge in [0.25, 0.3) is 0 Å². The van der Waals surface area contributed by atoms with Gasteiger partial charge in [0.1, 0.15) is 0 Å². The second-order valence-corrected chi connectivity index (χ2v) is 0. The third kappa shape index (κ3) is 33.9. The first kappa shape index (κ1) is 104. The zero-order valence-corrected chi connectivity index (χ0v) is 6.79. The summed E-state index contributed by atoms with van der Waals surface area (Å²) in [7, 11) is 0. The molecule has 0 amide bonds. The molecule has 0 spiro atoms. The van der Waals surface area contributed by atoms with E-state index >= 15 is 0 Å². The summed E-state index contributed by atoms with van der Waals surface area (Å²) in [6, 6.07) is 0. The molecule has 32 valence electrons. The normalized spacial score (nSPS) is 0. The third-order valence-electron chi connectivity index (χ3n) is 0. The molecule has 0 nitrogen and oxygen atoms in total. The molecular formula is H4F3NaSe. The number of hydrogen-bond acceptors (Lipinski definition) is 0. The summed E-state index contributed by atoms with van der Waals surface area (Å²) in [5.41, 5.74) is 0. The van der Waals surface area contributed by atoms with E-state index in [1.165, 1.54) is 0 Å². The van der Waals surface area contributed by atoms with Crippen LogP contribution in [0.4, 0.5) is 9.41 Å². The Kier molecular flexibility index (Phi) is 1190. The molecule has 5 heavy (non-hydrogen) atoms. The van der Waals surface area contributed by atoms with Crippen molar-refractivity contribution in [1.29, 1.82) is 0 Å². The van der Waals surface area contributed by atoms with Gasteiger partial charge in [-0.1, -0.05) is 0 Å². The van der Waals surface area contributed by atoms with Gasteiger partial charge in [-0.25, -0.2) is 0 Å². The van der Waals surface area contributed by atoms with Crippen molar-refractivity contribution < 1.29 is 43.7 Å². The van der Waals surface area contributed by atoms with E-state index in [4.69, 9.17) is 0 Å². The Morgan fingerprint density at radius 2 is 0.800 bits per heavy atom. The van der Waals surface area contributed by atoms with Gasteiger partial charge >= 0.3 is 46.6 Å². The molecule has 0 bridgehead atoms. The Balaban J connectivity index is 0. The van der Waals surface area contributed by atoms with Gasteiger partial charge in [-0.15, -0.1) is 0 Å². The summed E-state index contributed by atoms with van der Waals surface area (Å²) in [5.74, 6) is 0. The van der Waals surface area contributed by atoms with Gasteiger partial charge in [-0.05, 0) is 0 Å². The van der Waals surface area contributed by atoms with E-state index in [1.807, 2.05) is 0 Å². The minimum absolute atomic E-state index is 0. The molecule has 0 saturated carbocycles. The molecule has 0 aromatic rings. The summed E-state index contributed by atoms with van der Waals surface area (Å²) in [6.45, 7) is 0. The monoisotopic (exact) mass is 164 g/mol. The molecule has 0 radical (unpaired) electrons. The van der Waals surface area contributed by atoms with Crippen LogP contribution in [-0.2, 0) is 0 Å². The van der Waals surface area contributed by atoms with Crippen molar-refractivity contribution >= 4 is 17.1 Å². The van der Waals surface area contributed by atoms with E-state index in [0.29, 0.717) is 0 Å². The van der Waals surface area contributed by atoms with E-state index in [2.05, 4.69) is 0 Å². The first-order valence-corrected chi connectivity index (χ1v) is 0. The van der Waals surface area contributed by atoms with Gasteiger partial charge in [-0.3, -0.25) is 9.41 Å². The van der Waals surface area contributed by atoms with Crippen LogP contribution in [0, 0.1) is 0 Å². The summed E-state index contributed by atoms with van der Waals surface area (Å²) in [6.07, 6.45) is 0. The average Bonchev–Trinajstić information content (AvgIpc) is 0. The van der Waals surface area contributed by atoms with Crippen molar-refractivity contribution in [3.63, 3.8) is 0 Å². The molecule has 0 heterocycles. The van der Waals surface area contributed by atoms with Gasteiger partial charge in [-0.2, -0.15) is 0 Å². The molecule has 0 unspecified atom stereocenters. The van der Waals surface area contributed by atoms with E-state index in [1.54, 1.807) is 0 Å². The van der Waals surface area contributed by atoms with Crippen LogP contribution in [0.2, 0.25) is 0 Å². The second-order valence-electron chi connectivity index (χ2n) is 0. The summed E-state index contributed by atoms with van der Waals surface area (Å²) in [5, 5.41) is 0. The van der Waals surface area contributed by atoms with Crippen LogP contribution in [0.25, 0.3) is 0 Å². The van der Waals surface area contributed by atoms with E-state index in [-0.39, 0.29) is 60.7 Å². The van der Waals surface area contributed by atoms with Crippen LogP contribution < -0.4 is 34.3 Å². The van der Waals surface area contributed by atoms with Crippen molar-refractivity contribution in [2.24, 2.45) is 0 Å². The molecule has 5 heteroatoms. The predicted molar refractivity (Wildman–Crippen MR) is 13.5 cm³/mol. The summed E-state index contributed by atoms with van der Waals surface area (Å²) in [4.78, 5) is 0. The number of hydrogen-bond donors (Lipinski definition) is 0. The molecule has 0 saturated heterocycles. The molecule has 0 N–H and O–H groups in total. The Hall–Kier alpha value is 1.31. The average molecular weight is 163 g/mol. The quantitative estimate of drug-likeness (QED) is 0.311. The van der Waals surface area contributed by atoms with Gasteiger partial charge < -0.3 is 4.70 Å². The SMILES string of the molecule is F.F.[F-].[Na+].[SeH2]. The number of halogens is 3. The van der Waals surface area contributed by atoms with Gasteiger partial charge in [0.15, 0.2) is 0 Å². The van der Waals surface area contributed by atoms with Crippen molar-refractivity contribution in [3.8, 4) is 0 Å². The van der Waals surface area contributed by atoms with Gasteiger partial charge in [0, 0.05) is 0 Å². The zero-order valence-electron chi connectivity index (χ0n) is 2.69. The van der Waals surface area contributed by atoms with Crippen LogP contribution in [0.3, 0.4) is 0 Å². The molecule has 0 atom stereocenters. The maximum atomic E-state index is 0. The Labute approximate surface area is 60.6 Å². The van der Waals surface area contributed by atoms with E-state index < -0.39 is 0 Å². The Bertz CT molecular complexity index is 6.85. The molecule has 0 aliphatic rings. The molecule has 0 aromatic heterocycles. The molecule has 0 fully saturated rings. The van der Waals surface area contributed by atoms with Crippen LogP contribution in [-0.4, -0.2) is 17.1 Å². The molecule has 0 aliphatic heterocycles. The van der Waals surface area contributed by atoms with E-state index in [0.717, 1.165) is 0 Å². The molecular weight excluding hydrogens is 159 g/mol. The van der Waals surface area contributed by atoms with Crippen molar-refractivity contribution in [2.75, 3.05) is 0 Å². The van der Waals surface area contributed by atoms with E-state index in [9.17, 15) is 0 Å². The first-order chi connectivity index (χ1) is 0. The number of rotatable bonds is 0. The maximum absolute atomic E-state index is 0. The van der Waals surface area contributed by atoms with Crippen LogP contribution in [0.5, 0.6) is 0 Å². The molecule has 0 aromatic carbocycles. The second kappa shape index (κ2) is 57.5. The van der Waals surface area contributed by atoms with Crippen molar-refractivity contribution in [1.82, 2.24) is 0 Å². The standard InChI is InChI=1S/3FH.Na.H2Se/h3*1H;;1H2/q;;;+1;/p-1. The van der Waals surface area contributed by atoms with Crippen LogP contribution >= 0.6 is 0 Å².